The Morgan fingerprint density at radius 2 is 2.12 bits per heavy atom. The van der Waals surface area contributed by atoms with Crippen molar-refractivity contribution in [3.8, 4) is 0 Å². The van der Waals surface area contributed by atoms with Crippen molar-refractivity contribution >= 4 is 22.0 Å². The van der Waals surface area contributed by atoms with Crippen LogP contribution in [0.1, 0.15) is 25.3 Å². The maximum Gasteiger partial charge on any atom is 0.106 e. The van der Waals surface area contributed by atoms with Gasteiger partial charge < -0.3 is 4.90 Å². The van der Waals surface area contributed by atoms with E-state index in [9.17, 15) is 0 Å². The molecule has 1 aliphatic heterocycles. The number of pyridine rings is 1. The Balaban J connectivity index is 2.00. The molecule has 0 spiro atoms. The first-order chi connectivity index (χ1) is 7.78. The van der Waals surface area contributed by atoms with E-state index in [0.717, 1.165) is 4.60 Å². The van der Waals surface area contributed by atoms with Crippen LogP contribution in [0.15, 0.2) is 28.5 Å². The molecular formula is C13H17BrN2. The number of rotatable bonds is 2. The quantitative estimate of drug-likeness (QED) is 0.773. The van der Waals surface area contributed by atoms with E-state index in [1.165, 1.54) is 38.0 Å². The SMILES string of the molecule is CCN1CCC(=Cc2ccc(Br)nc2)CC1. The van der Waals surface area contributed by atoms with Crippen LogP contribution in [0.25, 0.3) is 6.08 Å². The van der Waals surface area contributed by atoms with Gasteiger partial charge in [0.05, 0.1) is 0 Å². The molecule has 0 aliphatic carbocycles. The Morgan fingerprint density at radius 3 is 2.69 bits per heavy atom. The van der Waals surface area contributed by atoms with Crippen LogP contribution >= 0.6 is 15.9 Å². The molecule has 0 aromatic carbocycles. The number of likely N-dealkylation sites (tertiary alicyclic amines) is 1. The lowest BCUT2D eigenvalue weighted by molar-refractivity contribution is 0.270. The highest BCUT2D eigenvalue weighted by Crippen LogP contribution is 2.19. The van der Waals surface area contributed by atoms with Gasteiger partial charge in [0.2, 0.25) is 0 Å². The number of hydrogen-bond donors (Lipinski definition) is 0. The average molecular weight is 281 g/mol. The summed E-state index contributed by atoms with van der Waals surface area (Å²) in [6, 6.07) is 4.10. The number of aromatic nitrogens is 1. The molecule has 3 heteroatoms. The summed E-state index contributed by atoms with van der Waals surface area (Å²) in [5.41, 5.74) is 2.76. The minimum absolute atomic E-state index is 0.899. The summed E-state index contributed by atoms with van der Waals surface area (Å²) < 4.78 is 0.899. The molecule has 1 saturated heterocycles. The second-order valence-corrected chi connectivity index (χ2v) is 4.96. The van der Waals surface area contributed by atoms with Crippen molar-refractivity contribution in [1.82, 2.24) is 9.88 Å². The summed E-state index contributed by atoms with van der Waals surface area (Å²) in [6.07, 6.45) is 6.60. The van der Waals surface area contributed by atoms with E-state index in [4.69, 9.17) is 0 Å². The lowest BCUT2D eigenvalue weighted by Crippen LogP contribution is -2.30. The molecule has 1 fully saturated rings. The third-order valence-electron chi connectivity index (χ3n) is 3.07. The van der Waals surface area contributed by atoms with Gasteiger partial charge in [-0.05, 0) is 46.9 Å². The van der Waals surface area contributed by atoms with E-state index >= 15 is 0 Å². The zero-order chi connectivity index (χ0) is 11.4. The second-order valence-electron chi connectivity index (χ2n) is 4.15. The monoisotopic (exact) mass is 280 g/mol. The third-order valence-corrected chi connectivity index (χ3v) is 3.54. The molecule has 0 radical (unpaired) electrons. The highest BCUT2D eigenvalue weighted by Gasteiger charge is 2.11. The molecule has 0 atom stereocenters. The molecule has 0 N–H and O–H groups in total. The molecule has 2 rings (SSSR count). The van der Waals surface area contributed by atoms with Crippen molar-refractivity contribution in [3.63, 3.8) is 0 Å². The van der Waals surface area contributed by atoms with Gasteiger partial charge in [0.15, 0.2) is 0 Å². The Morgan fingerprint density at radius 1 is 1.38 bits per heavy atom. The molecule has 0 unspecified atom stereocenters. The fraction of sp³-hybridized carbons (Fsp3) is 0.462. The molecular weight excluding hydrogens is 264 g/mol. The molecule has 1 aromatic heterocycles. The van der Waals surface area contributed by atoms with Gasteiger partial charge in [-0.1, -0.05) is 24.6 Å². The first kappa shape index (κ1) is 11.8. The number of nitrogens with zero attached hydrogens (tertiary/aromatic N) is 2. The van der Waals surface area contributed by atoms with E-state index in [1.807, 2.05) is 12.3 Å². The van der Waals surface area contributed by atoms with Gasteiger partial charge in [0.1, 0.15) is 4.60 Å². The minimum atomic E-state index is 0.899. The summed E-state index contributed by atoms with van der Waals surface area (Å²) in [5, 5.41) is 0. The van der Waals surface area contributed by atoms with Gasteiger partial charge in [-0.3, -0.25) is 0 Å². The van der Waals surface area contributed by atoms with Crippen LogP contribution in [0.5, 0.6) is 0 Å². The maximum absolute atomic E-state index is 4.24. The average Bonchev–Trinajstić information content (AvgIpc) is 2.33. The van der Waals surface area contributed by atoms with Gasteiger partial charge in [0.25, 0.3) is 0 Å². The standard InChI is InChI=1S/C13H17BrN2/c1-2-16-7-5-11(6-8-16)9-12-3-4-13(14)15-10-12/h3-4,9-10H,2,5-8H2,1H3. The Hall–Kier alpha value is -0.670. The van der Waals surface area contributed by atoms with Crippen molar-refractivity contribution in [2.45, 2.75) is 19.8 Å². The molecule has 2 nitrogen and oxygen atoms in total. The van der Waals surface area contributed by atoms with Crippen LogP contribution in [-0.2, 0) is 0 Å². The van der Waals surface area contributed by atoms with Crippen molar-refractivity contribution in [2.24, 2.45) is 0 Å². The lowest BCUT2D eigenvalue weighted by atomic mass is 10.0. The first-order valence-electron chi connectivity index (χ1n) is 5.81. The summed E-state index contributed by atoms with van der Waals surface area (Å²) in [7, 11) is 0. The molecule has 0 bridgehead atoms. The topological polar surface area (TPSA) is 16.1 Å². The van der Waals surface area contributed by atoms with Gasteiger partial charge >= 0.3 is 0 Å². The first-order valence-corrected chi connectivity index (χ1v) is 6.60. The summed E-state index contributed by atoms with van der Waals surface area (Å²) in [5.74, 6) is 0. The zero-order valence-electron chi connectivity index (χ0n) is 9.62. The predicted octanol–water partition coefficient (Wildman–Crippen LogP) is 3.34. The van der Waals surface area contributed by atoms with E-state index < -0.39 is 0 Å². The van der Waals surface area contributed by atoms with E-state index in [1.54, 1.807) is 5.57 Å². The van der Waals surface area contributed by atoms with Crippen LogP contribution in [0.4, 0.5) is 0 Å². The van der Waals surface area contributed by atoms with Gasteiger partial charge in [-0.2, -0.15) is 0 Å². The fourth-order valence-corrected chi connectivity index (χ4v) is 2.24. The molecule has 1 aromatic rings. The largest absolute Gasteiger partial charge is 0.303 e. The molecule has 1 aliphatic rings. The van der Waals surface area contributed by atoms with Crippen molar-refractivity contribution < 1.29 is 0 Å². The van der Waals surface area contributed by atoms with Gasteiger partial charge in [-0.25, -0.2) is 4.98 Å². The highest BCUT2D eigenvalue weighted by molar-refractivity contribution is 9.10. The Kier molecular flexibility index (Phi) is 4.13. The van der Waals surface area contributed by atoms with Crippen LogP contribution in [-0.4, -0.2) is 29.5 Å². The molecule has 0 amide bonds. The Bertz CT molecular complexity index is 360. The highest BCUT2D eigenvalue weighted by atomic mass is 79.9. The fourth-order valence-electron chi connectivity index (χ4n) is 2.01. The number of piperidine rings is 1. The van der Waals surface area contributed by atoms with E-state index in [0.29, 0.717) is 0 Å². The molecule has 86 valence electrons. The smallest absolute Gasteiger partial charge is 0.106 e. The summed E-state index contributed by atoms with van der Waals surface area (Å²) >= 11 is 3.35. The van der Waals surface area contributed by atoms with E-state index in [2.05, 4.69) is 44.9 Å². The zero-order valence-corrected chi connectivity index (χ0v) is 11.2. The molecule has 2 heterocycles. The molecule has 16 heavy (non-hydrogen) atoms. The van der Waals surface area contributed by atoms with Crippen molar-refractivity contribution in [1.29, 1.82) is 0 Å². The summed E-state index contributed by atoms with van der Waals surface area (Å²) in [6.45, 7) is 5.80. The van der Waals surface area contributed by atoms with Crippen LogP contribution in [0, 0.1) is 0 Å². The minimum Gasteiger partial charge on any atom is -0.303 e. The molecule has 0 saturated carbocycles. The van der Waals surface area contributed by atoms with Crippen molar-refractivity contribution in [3.05, 3.63) is 34.1 Å². The normalized spacial score (nSPS) is 17.5. The van der Waals surface area contributed by atoms with E-state index in [-0.39, 0.29) is 0 Å². The van der Waals surface area contributed by atoms with Gasteiger partial charge in [-0.15, -0.1) is 0 Å². The number of hydrogen-bond acceptors (Lipinski definition) is 2. The lowest BCUT2D eigenvalue weighted by Gasteiger charge is -2.26. The third kappa shape index (κ3) is 3.16. The Labute approximate surface area is 106 Å². The van der Waals surface area contributed by atoms with Gasteiger partial charge in [0, 0.05) is 19.3 Å². The van der Waals surface area contributed by atoms with Crippen LogP contribution in [0.3, 0.4) is 0 Å². The predicted molar refractivity (Wildman–Crippen MR) is 71.3 cm³/mol. The van der Waals surface area contributed by atoms with Crippen molar-refractivity contribution in [2.75, 3.05) is 19.6 Å². The van der Waals surface area contributed by atoms with Crippen LogP contribution < -0.4 is 0 Å². The van der Waals surface area contributed by atoms with Crippen LogP contribution in [0.2, 0.25) is 0 Å². The summed E-state index contributed by atoms with van der Waals surface area (Å²) in [4.78, 5) is 6.73. The number of halogens is 1. The second kappa shape index (κ2) is 5.60. The maximum atomic E-state index is 4.24.